The molecule has 0 aromatic heterocycles. The molecule has 0 N–H and O–H groups in total. The molecule has 1 aromatic rings. The first kappa shape index (κ1) is 16.0. The average Bonchev–Trinajstić information content (AvgIpc) is 2.54. The Hall–Kier alpha value is -1.86. The molecule has 1 amide bonds. The molecule has 2 heterocycles. The first-order valence-corrected chi connectivity index (χ1v) is 9.27. The van der Waals surface area contributed by atoms with Crippen molar-refractivity contribution in [1.82, 2.24) is 9.80 Å². The largest absolute Gasteiger partial charge is 0.486 e. The number of sulfone groups is 1. The molecule has 2 aliphatic heterocycles. The van der Waals surface area contributed by atoms with Crippen LogP contribution < -0.4 is 0 Å². The van der Waals surface area contributed by atoms with Gasteiger partial charge < -0.3 is 14.5 Å². The van der Waals surface area contributed by atoms with Gasteiger partial charge in [0.05, 0.1) is 5.75 Å². The Balaban J connectivity index is 2.02. The minimum absolute atomic E-state index is 0.0213. The Labute approximate surface area is 136 Å². The van der Waals surface area contributed by atoms with Gasteiger partial charge in [0, 0.05) is 26.2 Å². The van der Waals surface area contributed by atoms with Gasteiger partial charge in [-0.3, -0.25) is 4.79 Å². The average molecular weight is 336 g/mol. The van der Waals surface area contributed by atoms with E-state index in [0.29, 0.717) is 18.7 Å². The summed E-state index contributed by atoms with van der Waals surface area (Å²) in [6, 6.07) is 8.70. The molecule has 0 radical (unpaired) electrons. The van der Waals surface area contributed by atoms with E-state index < -0.39 is 9.84 Å². The van der Waals surface area contributed by atoms with Gasteiger partial charge in [0.1, 0.15) is 11.5 Å². The number of hydrogen-bond donors (Lipinski definition) is 0. The quantitative estimate of drug-likeness (QED) is 0.790. The molecule has 0 atom stereocenters. The van der Waals surface area contributed by atoms with E-state index in [1.165, 1.54) is 0 Å². The number of hydrogen-bond acceptors (Lipinski definition) is 5. The Bertz CT molecular complexity index is 720. The molecule has 124 valence electrons. The van der Waals surface area contributed by atoms with Crippen LogP contribution >= 0.6 is 0 Å². The summed E-state index contributed by atoms with van der Waals surface area (Å²) in [5.41, 5.74) is 0.504. The number of carbonyl (C=O) groups is 1. The van der Waals surface area contributed by atoms with Gasteiger partial charge in [-0.2, -0.15) is 0 Å². The highest BCUT2D eigenvalue weighted by Gasteiger charge is 2.35. The van der Waals surface area contributed by atoms with Gasteiger partial charge in [0.25, 0.3) is 5.91 Å². The van der Waals surface area contributed by atoms with Gasteiger partial charge >= 0.3 is 0 Å². The van der Waals surface area contributed by atoms with E-state index >= 15 is 0 Å². The number of carbonyl (C=O) groups excluding carboxylic acids is 1. The fourth-order valence-electron chi connectivity index (χ4n) is 2.77. The number of amides is 1. The monoisotopic (exact) mass is 336 g/mol. The van der Waals surface area contributed by atoms with Crippen LogP contribution in [-0.2, 0) is 19.4 Å². The standard InChI is InChI=1S/C16H20N2O4S/c1-17-7-9-18(10-8-17)16(19)14-15(13-5-3-2-4-6-13)23(20,21)12-11-22-14/h2-6H,7-12H2,1H3. The summed E-state index contributed by atoms with van der Waals surface area (Å²) < 4.78 is 30.5. The summed E-state index contributed by atoms with van der Waals surface area (Å²) in [4.78, 5) is 16.6. The molecule has 7 heteroatoms. The highest BCUT2D eigenvalue weighted by atomic mass is 32.2. The number of ether oxygens (including phenoxy) is 1. The highest BCUT2D eigenvalue weighted by molar-refractivity contribution is 8.00. The first-order valence-electron chi connectivity index (χ1n) is 7.62. The third kappa shape index (κ3) is 3.25. The zero-order valence-corrected chi connectivity index (χ0v) is 13.9. The van der Waals surface area contributed by atoms with Crippen LogP contribution in [0.25, 0.3) is 4.91 Å². The lowest BCUT2D eigenvalue weighted by Crippen LogP contribution is -2.48. The molecule has 0 spiro atoms. The maximum absolute atomic E-state index is 12.8. The van der Waals surface area contributed by atoms with E-state index in [-0.39, 0.29) is 28.9 Å². The lowest BCUT2D eigenvalue weighted by Gasteiger charge is -2.33. The number of benzene rings is 1. The molecule has 6 nitrogen and oxygen atoms in total. The Morgan fingerprint density at radius 1 is 1.09 bits per heavy atom. The van der Waals surface area contributed by atoms with Gasteiger partial charge in [-0.25, -0.2) is 8.42 Å². The predicted octanol–water partition coefficient (Wildman–Crippen LogP) is 0.574. The summed E-state index contributed by atoms with van der Waals surface area (Å²) in [5.74, 6) is -0.469. The van der Waals surface area contributed by atoms with E-state index in [1.807, 2.05) is 13.1 Å². The lowest BCUT2D eigenvalue weighted by atomic mass is 10.2. The van der Waals surface area contributed by atoms with E-state index in [9.17, 15) is 13.2 Å². The number of nitrogens with zero attached hydrogens (tertiary/aromatic N) is 2. The van der Waals surface area contributed by atoms with Gasteiger partial charge in [0.15, 0.2) is 9.84 Å². The second-order valence-electron chi connectivity index (χ2n) is 5.79. The van der Waals surface area contributed by atoms with E-state index in [0.717, 1.165) is 13.1 Å². The van der Waals surface area contributed by atoms with Crippen molar-refractivity contribution in [1.29, 1.82) is 0 Å². The predicted molar refractivity (Wildman–Crippen MR) is 87.2 cm³/mol. The van der Waals surface area contributed by atoms with Crippen molar-refractivity contribution in [2.24, 2.45) is 0 Å². The third-order valence-corrected chi connectivity index (χ3v) is 5.88. The first-order chi connectivity index (χ1) is 11.0. The van der Waals surface area contributed by atoms with Crippen molar-refractivity contribution < 1.29 is 17.9 Å². The van der Waals surface area contributed by atoms with Crippen LogP contribution in [0, 0.1) is 0 Å². The maximum atomic E-state index is 12.8. The smallest absolute Gasteiger partial charge is 0.290 e. The Morgan fingerprint density at radius 2 is 1.74 bits per heavy atom. The molecule has 1 saturated heterocycles. The van der Waals surface area contributed by atoms with Crippen molar-refractivity contribution in [2.45, 2.75) is 0 Å². The van der Waals surface area contributed by atoms with Crippen molar-refractivity contribution in [3.63, 3.8) is 0 Å². The molecule has 0 aliphatic carbocycles. The zero-order valence-electron chi connectivity index (χ0n) is 13.1. The second-order valence-corrected chi connectivity index (χ2v) is 7.83. The summed E-state index contributed by atoms with van der Waals surface area (Å²) in [5, 5.41) is 0. The molecule has 23 heavy (non-hydrogen) atoms. The fourth-order valence-corrected chi connectivity index (χ4v) is 4.21. The van der Waals surface area contributed by atoms with Crippen LogP contribution in [0.1, 0.15) is 5.56 Å². The fraction of sp³-hybridized carbons (Fsp3) is 0.438. The molecular formula is C16H20N2O4S. The maximum Gasteiger partial charge on any atom is 0.290 e. The van der Waals surface area contributed by atoms with Gasteiger partial charge in [-0.1, -0.05) is 30.3 Å². The molecule has 3 rings (SSSR count). The third-order valence-electron chi connectivity index (χ3n) is 4.14. The number of likely N-dealkylation sites (N-methyl/N-ethyl adjacent to an activating group) is 1. The van der Waals surface area contributed by atoms with E-state index in [2.05, 4.69) is 4.90 Å². The van der Waals surface area contributed by atoms with Crippen LogP contribution in [0.3, 0.4) is 0 Å². The Kier molecular flexibility index (Phi) is 4.41. The number of piperazine rings is 1. The molecule has 2 aliphatic rings. The van der Waals surface area contributed by atoms with Gasteiger partial charge in [-0.15, -0.1) is 0 Å². The topological polar surface area (TPSA) is 66.9 Å². The van der Waals surface area contributed by atoms with Crippen molar-refractivity contribution >= 4 is 20.6 Å². The highest BCUT2D eigenvalue weighted by Crippen LogP contribution is 2.30. The van der Waals surface area contributed by atoms with Crippen molar-refractivity contribution in [3.05, 3.63) is 41.7 Å². The van der Waals surface area contributed by atoms with Crippen molar-refractivity contribution in [3.8, 4) is 0 Å². The summed E-state index contributed by atoms with van der Waals surface area (Å²) in [6.07, 6.45) is 0. The van der Waals surface area contributed by atoms with Gasteiger partial charge in [-0.05, 0) is 12.6 Å². The molecule has 0 unspecified atom stereocenters. The molecule has 0 saturated carbocycles. The van der Waals surface area contributed by atoms with Crippen molar-refractivity contribution in [2.75, 3.05) is 45.6 Å². The van der Waals surface area contributed by atoms with Crippen LogP contribution in [0.15, 0.2) is 36.1 Å². The Morgan fingerprint density at radius 3 is 2.39 bits per heavy atom. The number of rotatable bonds is 2. The van der Waals surface area contributed by atoms with Crippen LogP contribution in [-0.4, -0.2) is 69.7 Å². The summed E-state index contributed by atoms with van der Waals surface area (Å²) in [7, 11) is -1.53. The minimum Gasteiger partial charge on any atom is -0.486 e. The molecular weight excluding hydrogens is 316 g/mol. The molecule has 1 fully saturated rings. The van der Waals surface area contributed by atoms with Crippen LogP contribution in [0.5, 0.6) is 0 Å². The second kappa shape index (κ2) is 6.33. The SMILES string of the molecule is CN1CCN(C(=O)C2=C(c3ccccc3)S(=O)(=O)CCO2)CC1. The van der Waals surface area contributed by atoms with E-state index in [4.69, 9.17) is 4.74 Å². The van der Waals surface area contributed by atoms with Crippen LogP contribution in [0.4, 0.5) is 0 Å². The summed E-state index contributed by atoms with van der Waals surface area (Å²) >= 11 is 0. The van der Waals surface area contributed by atoms with Gasteiger partial charge in [0.2, 0.25) is 5.76 Å². The van der Waals surface area contributed by atoms with Crippen LogP contribution in [0.2, 0.25) is 0 Å². The normalized spacial score (nSPS) is 21.9. The lowest BCUT2D eigenvalue weighted by molar-refractivity contribution is -0.132. The molecule has 1 aromatic carbocycles. The summed E-state index contributed by atoms with van der Waals surface area (Å²) in [6.45, 7) is 2.71. The minimum atomic E-state index is -3.52. The zero-order chi connectivity index (χ0) is 16.4. The van der Waals surface area contributed by atoms with E-state index in [1.54, 1.807) is 29.2 Å². The molecule has 0 bridgehead atoms.